The van der Waals surface area contributed by atoms with Gasteiger partial charge in [0, 0.05) is 33.1 Å². The zero-order chi connectivity index (χ0) is 21.5. The van der Waals surface area contributed by atoms with Gasteiger partial charge in [-0.3, -0.25) is 9.59 Å². The largest absolute Gasteiger partial charge is 0.332 e. The topological polar surface area (TPSA) is 78.0 Å². The second-order valence-electron chi connectivity index (χ2n) is 7.88. The Bertz CT molecular complexity index is 1050. The first kappa shape index (κ1) is 20.6. The lowest BCUT2D eigenvalue weighted by atomic mass is 9.97. The van der Waals surface area contributed by atoms with E-state index in [1.54, 1.807) is 36.2 Å². The van der Waals surface area contributed by atoms with Crippen LogP contribution in [-0.4, -0.2) is 73.1 Å². The molecule has 2 fully saturated rings. The number of hydrogen-bond acceptors (Lipinski definition) is 4. The van der Waals surface area contributed by atoms with Gasteiger partial charge in [-0.05, 0) is 24.6 Å². The minimum absolute atomic E-state index is 0.0246. The van der Waals surface area contributed by atoms with Gasteiger partial charge in [0.15, 0.2) is 0 Å². The Kier molecular flexibility index (Phi) is 5.38. The van der Waals surface area contributed by atoms with Crippen molar-refractivity contribution < 1.29 is 18.0 Å². The van der Waals surface area contributed by atoms with Gasteiger partial charge in [0.25, 0.3) is 0 Å². The van der Waals surface area contributed by atoms with Crippen LogP contribution in [0.25, 0.3) is 0 Å². The molecule has 2 heterocycles. The van der Waals surface area contributed by atoms with Crippen molar-refractivity contribution in [2.45, 2.75) is 30.3 Å². The maximum atomic E-state index is 13.1. The molecule has 0 aliphatic carbocycles. The minimum atomic E-state index is -3.73. The molecule has 2 atom stereocenters. The van der Waals surface area contributed by atoms with E-state index in [-0.39, 0.29) is 36.3 Å². The smallest absolute Gasteiger partial charge is 0.247 e. The first-order valence-electron chi connectivity index (χ1n) is 9.97. The molecule has 2 aromatic carbocycles. The van der Waals surface area contributed by atoms with E-state index in [0.29, 0.717) is 6.42 Å². The highest BCUT2D eigenvalue weighted by Crippen LogP contribution is 2.26. The van der Waals surface area contributed by atoms with Crippen LogP contribution in [0.15, 0.2) is 59.5 Å². The Hall–Kier alpha value is -2.71. The minimum Gasteiger partial charge on any atom is -0.332 e. The Balaban J connectivity index is 1.54. The Labute approximate surface area is 176 Å². The molecule has 2 aliphatic heterocycles. The number of hydrogen-bond donors (Lipinski definition) is 0. The number of amides is 2. The Morgan fingerprint density at radius 1 is 0.933 bits per heavy atom. The van der Waals surface area contributed by atoms with Crippen LogP contribution in [0, 0.1) is 6.92 Å². The van der Waals surface area contributed by atoms with Crippen LogP contribution in [0.4, 0.5) is 0 Å². The molecule has 0 aromatic heterocycles. The van der Waals surface area contributed by atoms with Crippen molar-refractivity contribution in [3.63, 3.8) is 0 Å². The summed E-state index contributed by atoms with van der Waals surface area (Å²) in [5.41, 5.74) is 1.95. The lowest BCUT2D eigenvalue weighted by Gasteiger charge is -2.47. The van der Waals surface area contributed by atoms with Crippen LogP contribution in [0.3, 0.4) is 0 Å². The first-order chi connectivity index (χ1) is 14.3. The fraction of sp³-hybridized carbons (Fsp3) is 0.364. The summed E-state index contributed by atoms with van der Waals surface area (Å²) in [6.45, 7) is 2.25. The van der Waals surface area contributed by atoms with Crippen molar-refractivity contribution >= 4 is 21.8 Å². The molecular weight excluding hydrogens is 402 g/mol. The van der Waals surface area contributed by atoms with Crippen LogP contribution in [0.1, 0.15) is 11.1 Å². The van der Waals surface area contributed by atoms with E-state index in [0.717, 1.165) is 11.1 Å². The monoisotopic (exact) mass is 427 g/mol. The summed E-state index contributed by atoms with van der Waals surface area (Å²) in [6, 6.07) is 14.9. The van der Waals surface area contributed by atoms with E-state index < -0.39 is 22.1 Å². The number of piperazine rings is 2. The van der Waals surface area contributed by atoms with E-state index in [4.69, 9.17) is 0 Å². The zero-order valence-electron chi connectivity index (χ0n) is 17.1. The van der Waals surface area contributed by atoms with Gasteiger partial charge in [-0.2, -0.15) is 4.31 Å². The molecule has 0 radical (unpaired) electrons. The van der Waals surface area contributed by atoms with Gasteiger partial charge in [-0.15, -0.1) is 0 Å². The summed E-state index contributed by atoms with van der Waals surface area (Å²) in [4.78, 5) is 29.4. The molecule has 2 amide bonds. The molecule has 8 heteroatoms. The van der Waals surface area contributed by atoms with E-state index in [9.17, 15) is 18.0 Å². The van der Waals surface area contributed by atoms with Gasteiger partial charge < -0.3 is 9.80 Å². The van der Waals surface area contributed by atoms with Gasteiger partial charge in [0.1, 0.15) is 12.1 Å². The molecule has 7 nitrogen and oxygen atoms in total. The molecule has 0 spiro atoms. The van der Waals surface area contributed by atoms with Crippen molar-refractivity contribution in [3.8, 4) is 0 Å². The Morgan fingerprint density at radius 3 is 2.27 bits per heavy atom. The summed E-state index contributed by atoms with van der Waals surface area (Å²) in [5.74, 6) is -0.349. The molecule has 2 aromatic rings. The fourth-order valence-corrected chi connectivity index (χ4v) is 5.56. The molecule has 158 valence electrons. The second kappa shape index (κ2) is 7.85. The lowest BCUT2D eigenvalue weighted by molar-refractivity contribution is -0.162. The van der Waals surface area contributed by atoms with Crippen LogP contribution in [0.5, 0.6) is 0 Å². The van der Waals surface area contributed by atoms with Gasteiger partial charge in [-0.25, -0.2) is 8.42 Å². The third kappa shape index (κ3) is 3.61. The summed E-state index contributed by atoms with van der Waals surface area (Å²) in [5, 5.41) is 0. The summed E-state index contributed by atoms with van der Waals surface area (Å²) in [7, 11) is -2.10. The highest BCUT2D eigenvalue weighted by Gasteiger charge is 2.48. The number of benzene rings is 2. The quantitative estimate of drug-likeness (QED) is 0.737. The number of carbonyl (C=O) groups is 2. The highest BCUT2D eigenvalue weighted by atomic mass is 32.2. The normalized spacial score (nSPS) is 22.9. The van der Waals surface area contributed by atoms with Crippen LogP contribution < -0.4 is 0 Å². The molecule has 30 heavy (non-hydrogen) atoms. The average molecular weight is 428 g/mol. The number of nitrogens with zero attached hydrogens (tertiary/aromatic N) is 3. The average Bonchev–Trinajstić information content (AvgIpc) is 2.76. The summed E-state index contributed by atoms with van der Waals surface area (Å²) < 4.78 is 27.4. The van der Waals surface area contributed by atoms with E-state index in [1.165, 1.54) is 9.21 Å². The van der Waals surface area contributed by atoms with Crippen LogP contribution in [-0.2, 0) is 26.0 Å². The molecular formula is C22H25N3O4S. The molecule has 0 unspecified atom stereocenters. The maximum Gasteiger partial charge on any atom is 0.247 e. The van der Waals surface area contributed by atoms with Crippen LogP contribution >= 0.6 is 0 Å². The van der Waals surface area contributed by atoms with Gasteiger partial charge in [0.2, 0.25) is 21.8 Å². The van der Waals surface area contributed by atoms with E-state index in [1.807, 2.05) is 37.3 Å². The number of rotatable bonds is 4. The number of fused-ring (bicyclic) bond motifs is 1. The SMILES string of the molecule is Cc1ccc(S(=O)(=O)N2CCN3C(=O)[C@@H](Cc4ccccc4)N(C)C(=O)[C@@H]3C2)cc1. The maximum absolute atomic E-state index is 13.1. The van der Waals surface area contributed by atoms with E-state index in [2.05, 4.69) is 0 Å². The van der Waals surface area contributed by atoms with Crippen molar-refractivity contribution in [1.29, 1.82) is 0 Å². The predicted molar refractivity (Wildman–Crippen MR) is 112 cm³/mol. The number of aryl methyl sites for hydroxylation is 1. The lowest BCUT2D eigenvalue weighted by Crippen LogP contribution is -2.70. The van der Waals surface area contributed by atoms with Crippen molar-refractivity contribution in [3.05, 3.63) is 65.7 Å². The second-order valence-corrected chi connectivity index (χ2v) is 9.82. The first-order valence-corrected chi connectivity index (χ1v) is 11.4. The molecule has 0 N–H and O–H groups in total. The third-order valence-electron chi connectivity index (χ3n) is 5.94. The summed E-state index contributed by atoms with van der Waals surface area (Å²) in [6.07, 6.45) is 0.441. The highest BCUT2D eigenvalue weighted by molar-refractivity contribution is 7.89. The standard InChI is InChI=1S/C22H25N3O4S/c1-16-8-10-18(11-9-16)30(28,29)24-12-13-25-20(15-24)21(26)23(2)19(22(25)27)14-17-6-4-3-5-7-17/h3-11,19-20H,12-15H2,1-2H3/t19-,20+/m1/s1. The van der Waals surface area contributed by atoms with Crippen molar-refractivity contribution in [2.75, 3.05) is 26.7 Å². The number of carbonyl (C=O) groups excluding carboxylic acids is 2. The van der Waals surface area contributed by atoms with Crippen LogP contribution in [0.2, 0.25) is 0 Å². The van der Waals surface area contributed by atoms with Crippen molar-refractivity contribution in [2.24, 2.45) is 0 Å². The predicted octanol–water partition coefficient (Wildman–Crippen LogP) is 1.28. The number of likely N-dealkylation sites (N-methyl/N-ethyl adjacent to an activating group) is 1. The molecule has 2 aliphatic rings. The van der Waals surface area contributed by atoms with Gasteiger partial charge >= 0.3 is 0 Å². The fourth-order valence-electron chi connectivity index (χ4n) is 4.12. The number of sulfonamides is 1. The van der Waals surface area contributed by atoms with Gasteiger partial charge in [0.05, 0.1) is 4.90 Å². The zero-order valence-corrected chi connectivity index (χ0v) is 17.9. The molecule has 2 saturated heterocycles. The molecule has 0 saturated carbocycles. The van der Waals surface area contributed by atoms with Crippen molar-refractivity contribution in [1.82, 2.24) is 14.1 Å². The Morgan fingerprint density at radius 2 is 1.60 bits per heavy atom. The third-order valence-corrected chi connectivity index (χ3v) is 7.82. The molecule has 0 bridgehead atoms. The summed E-state index contributed by atoms with van der Waals surface area (Å²) >= 11 is 0. The van der Waals surface area contributed by atoms with Gasteiger partial charge in [-0.1, -0.05) is 48.0 Å². The molecule has 4 rings (SSSR count). The van der Waals surface area contributed by atoms with E-state index >= 15 is 0 Å².